The zero-order chi connectivity index (χ0) is 8.81. The van der Waals surface area contributed by atoms with E-state index in [2.05, 4.69) is 5.32 Å². The topological polar surface area (TPSA) is 55.1 Å². The molecule has 0 bridgehead atoms. The van der Waals surface area contributed by atoms with Crippen molar-refractivity contribution < 1.29 is 4.79 Å². The van der Waals surface area contributed by atoms with Gasteiger partial charge in [-0.2, -0.15) is 11.8 Å². The lowest BCUT2D eigenvalue weighted by Crippen LogP contribution is -2.23. The van der Waals surface area contributed by atoms with Crippen molar-refractivity contribution in [1.82, 2.24) is 5.32 Å². The molecule has 1 saturated heterocycles. The fraction of sp³-hybridized carbons (Fsp3) is 0.875. The molecule has 1 heterocycles. The highest BCUT2D eigenvalue weighted by molar-refractivity contribution is 7.99. The van der Waals surface area contributed by atoms with Gasteiger partial charge >= 0.3 is 0 Å². The van der Waals surface area contributed by atoms with E-state index in [-0.39, 0.29) is 5.91 Å². The number of hydrogen-bond acceptors (Lipinski definition) is 3. The number of amides is 1. The Kier molecular flexibility index (Phi) is 4.46. The highest BCUT2D eigenvalue weighted by Crippen LogP contribution is 2.20. The molecule has 1 unspecified atom stereocenters. The van der Waals surface area contributed by atoms with Gasteiger partial charge in [0.05, 0.1) is 0 Å². The molecule has 0 radical (unpaired) electrons. The van der Waals surface area contributed by atoms with Gasteiger partial charge in [0.2, 0.25) is 5.91 Å². The Morgan fingerprint density at radius 3 is 3.25 bits per heavy atom. The first-order chi connectivity index (χ1) is 5.83. The van der Waals surface area contributed by atoms with E-state index in [9.17, 15) is 4.79 Å². The second-order valence-corrected chi connectivity index (χ2v) is 4.39. The van der Waals surface area contributed by atoms with Gasteiger partial charge in [0.15, 0.2) is 0 Å². The van der Waals surface area contributed by atoms with Gasteiger partial charge in [-0.1, -0.05) is 0 Å². The third kappa shape index (κ3) is 3.45. The maximum absolute atomic E-state index is 11.1. The fourth-order valence-corrected chi connectivity index (χ4v) is 2.39. The van der Waals surface area contributed by atoms with Gasteiger partial charge in [-0.15, -0.1) is 0 Å². The van der Waals surface area contributed by atoms with Gasteiger partial charge in [-0.3, -0.25) is 4.79 Å². The van der Waals surface area contributed by atoms with Gasteiger partial charge in [0, 0.05) is 30.5 Å². The zero-order valence-corrected chi connectivity index (χ0v) is 8.03. The Morgan fingerprint density at radius 2 is 2.50 bits per heavy atom. The number of carbonyl (C=O) groups excluding carboxylic acids is 1. The Bertz CT molecular complexity index is 152. The molecule has 0 aromatic heterocycles. The van der Waals surface area contributed by atoms with Crippen LogP contribution in [0.25, 0.3) is 0 Å². The first-order valence-corrected chi connectivity index (χ1v) is 5.46. The quantitative estimate of drug-likeness (QED) is 0.672. The second-order valence-electron chi connectivity index (χ2n) is 2.98. The van der Waals surface area contributed by atoms with Crippen molar-refractivity contribution in [2.24, 2.45) is 5.73 Å². The molecule has 1 amide bonds. The van der Waals surface area contributed by atoms with Crippen molar-refractivity contribution in [3.63, 3.8) is 0 Å². The minimum Gasteiger partial charge on any atom is -0.356 e. The van der Waals surface area contributed by atoms with E-state index in [1.807, 2.05) is 11.8 Å². The van der Waals surface area contributed by atoms with Crippen LogP contribution in [0.2, 0.25) is 0 Å². The minimum absolute atomic E-state index is 0.196. The summed E-state index contributed by atoms with van der Waals surface area (Å²) in [6, 6.07) is 0. The molecule has 0 spiro atoms. The average molecular weight is 188 g/mol. The van der Waals surface area contributed by atoms with E-state index in [0.29, 0.717) is 18.2 Å². The largest absolute Gasteiger partial charge is 0.356 e. The van der Waals surface area contributed by atoms with Crippen LogP contribution in [-0.4, -0.2) is 30.0 Å². The van der Waals surface area contributed by atoms with Crippen molar-refractivity contribution in [3.8, 4) is 0 Å². The third-order valence-corrected chi connectivity index (χ3v) is 3.25. The molecule has 70 valence electrons. The van der Waals surface area contributed by atoms with Gasteiger partial charge < -0.3 is 11.1 Å². The summed E-state index contributed by atoms with van der Waals surface area (Å²) >= 11 is 1.83. The molecule has 0 saturated carbocycles. The van der Waals surface area contributed by atoms with Crippen LogP contribution in [0.5, 0.6) is 0 Å². The number of nitrogens with two attached hydrogens (primary N) is 1. The molecular weight excluding hydrogens is 172 g/mol. The third-order valence-electron chi connectivity index (χ3n) is 1.91. The maximum Gasteiger partial charge on any atom is 0.221 e. The van der Waals surface area contributed by atoms with E-state index in [1.165, 1.54) is 0 Å². The van der Waals surface area contributed by atoms with E-state index in [0.717, 1.165) is 25.1 Å². The highest BCUT2D eigenvalue weighted by Gasteiger charge is 2.16. The summed E-state index contributed by atoms with van der Waals surface area (Å²) < 4.78 is 0. The van der Waals surface area contributed by atoms with Crippen molar-refractivity contribution in [3.05, 3.63) is 0 Å². The Labute approximate surface area is 77.5 Å². The second kappa shape index (κ2) is 5.43. The molecule has 4 heteroatoms. The van der Waals surface area contributed by atoms with Gasteiger partial charge in [-0.05, 0) is 12.8 Å². The predicted molar refractivity (Wildman–Crippen MR) is 52.2 cm³/mol. The Balaban J connectivity index is 2.26. The molecule has 3 nitrogen and oxygen atoms in total. The number of nitrogens with one attached hydrogen (secondary N) is 1. The van der Waals surface area contributed by atoms with E-state index in [1.54, 1.807) is 0 Å². The summed E-state index contributed by atoms with van der Waals surface area (Å²) in [4.78, 5) is 11.1. The van der Waals surface area contributed by atoms with E-state index < -0.39 is 0 Å². The number of thioether (sulfide) groups is 1. The normalized spacial score (nSPS) is 24.8. The maximum atomic E-state index is 11.1. The van der Waals surface area contributed by atoms with Gasteiger partial charge in [0.1, 0.15) is 0 Å². The molecule has 0 aliphatic carbocycles. The first kappa shape index (κ1) is 9.86. The molecule has 12 heavy (non-hydrogen) atoms. The van der Waals surface area contributed by atoms with Crippen molar-refractivity contribution in [2.75, 3.05) is 18.8 Å². The molecular formula is C8H16N2OS. The number of rotatable bonds is 3. The molecule has 0 aromatic carbocycles. The van der Waals surface area contributed by atoms with Crippen LogP contribution in [0.3, 0.4) is 0 Å². The van der Waals surface area contributed by atoms with Crippen molar-refractivity contribution in [2.45, 2.75) is 24.5 Å². The predicted octanol–water partition coefficient (Wildman–Crippen LogP) is 0.347. The molecule has 1 aliphatic rings. The summed E-state index contributed by atoms with van der Waals surface area (Å²) in [6.07, 6.45) is 2.92. The summed E-state index contributed by atoms with van der Waals surface area (Å²) in [6.45, 7) is 1.56. The summed E-state index contributed by atoms with van der Waals surface area (Å²) in [5.74, 6) is 1.17. The van der Waals surface area contributed by atoms with Crippen LogP contribution in [-0.2, 0) is 4.79 Å². The van der Waals surface area contributed by atoms with Gasteiger partial charge in [-0.25, -0.2) is 0 Å². The molecule has 1 fully saturated rings. The molecule has 1 aliphatic heterocycles. The summed E-state index contributed by atoms with van der Waals surface area (Å²) in [5, 5.41) is 3.36. The van der Waals surface area contributed by atoms with Crippen molar-refractivity contribution in [1.29, 1.82) is 0 Å². The minimum atomic E-state index is 0.196. The standard InChI is InChI=1S/C8H16N2OS/c9-3-5-12-7-2-1-4-10-8(11)6-7/h7H,1-6,9H2,(H,10,11). The lowest BCUT2D eigenvalue weighted by molar-refractivity contribution is -0.120. The Morgan fingerprint density at radius 1 is 1.67 bits per heavy atom. The van der Waals surface area contributed by atoms with Gasteiger partial charge in [0.25, 0.3) is 0 Å². The summed E-state index contributed by atoms with van der Waals surface area (Å²) in [7, 11) is 0. The number of hydrogen-bond donors (Lipinski definition) is 2. The SMILES string of the molecule is NCCSC1CCCNC(=O)C1. The van der Waals surface area contributed by atoms with Crippen LogP contribution in [0.15, 0.2) is 0 Å². The van der Waals surface area contributed by atoms with Crippen molar-refractivity contribution >= 4 is 17.7 Å². The molecule has 3 N–H and O–H groups in total. The average Bonchev–Trinajstić information content (AvgIpc) is 2.26. The molecule has 0 aromatic rings. The van der Waals surface area contributed by atoms with Crippen LogP contribution in [0.1, 0.15) is 19.3 Å². The highest BCUT2D eigenvalue weighted by atomic mass is 32.2. The summed E-state index contributed by atoms with van der Waals surface area (Å²) in [5.41, 5.74) is 5.40. The lowest BCUT2D eigenvalue weighted by atomic mass is 10.2. The monoisotopic (exact) mass is 188 g/mol. The first-order valence-electron chi connectivity index (χ1n) is 4.41. The molecule has 1 rings (SSSR count). The lowest BCUT2D eigenvalue weighted by Gasteiger charge is -2.10. The van der Waals surface area contributed by atoms with E-state index in [4.69, 9.17) is 5.73 Å². The van der Waals surface area contributed by atoms with Crippen LogP contribution < -0.4 is 11.1 Å². The zero-order valence-electron chi connectivity index (χ0n) is 7.21. The van der Waals surface area contributed by atoms with Crippen LogP contribution >= 0.6 is 11.8 Å². The molecule has 1 atom stereocenters. The Hall–Kier alpha value is -0.220. The van der Waals surface area contributed by atoms with E-state index >= 15 is 0 Å². The van der Waals surface area contributed by atoms with Crippen LogP contribution in [0.4, 0.5) is 0 Å². The smallest absolute Gasteiger partial charge is 0.221 e. The number of carbonyl (C=O) groups is 1. The fourth-order valence-electron chi connectivity index (χ4n) is 1.32. The van der Waals surface area contributed by atoms with Crippen LogP contribution in [0, 0.1) is 0 Å².